The number of amides is 1. The summed E-state index contributed by atoms with van der Waals surface area (Å²) in [7, 11) is -3.45. The number of benzene rings is 2. The van der Waals surface area contributed by atoms with E-state index >= 15 is 0 Å². The number of piperidine rings is 1. The SMILES string of the molecule is CCS(=O)(=O)CC(C(C)C)N1C(=O)[C@@](C)(CC(=O)O)C[C@H](c2cccc(Cl)c2)C1c1ccc(Cl)cc1. The van der Waals surface area contributed by atoms with Gasteiger partial charge in [-0.1, -0.05) is 75.2 Å². The predicted octanol–water partition coefficient (Wildman–Crippen LogP) is 5.99. The van der Waals surface area contributed by atoms with Crippen molar-refractivity contribution in [1.82, 2.24) is 4.90 Å². The summed E-state index contributed by atoms with van der Waals surface area (Å²) in [5.74, 6) is -2.21. The molecule has 1 saturated heterocycles. The van der Waals surface area contributed by atoms with Crippen LogP contribution in [0.5, 0.6) is 0 Å². The zero-order valence-electron chi connectivity index (χ0n) is 20.9. The van der Waals surface area contributed by atoms with E-state index in [0.717, 1.165) is 11.1 Å². The van der Waals surface area contributed by atoms with Crippen LogP contribution in [0.3, 0.4) is 0 Å². The number of carboxylic acids is 1. The first-order chi connectivity index (χ1) is 16.8. The first-order valence-corrected chi connectivity index (χ1v) is 14.6. The maximum atomic E-state index is 14.2. The molecule has 6 nitrogen and oxygen atoms in total. The molecule has 1 fully saturated rings. The van der Waals surface area contributed by atoms with E-state index in [1.807, 2.05) is 44.2 Å². The van der Waals surface area contributed by atoms with Crippen LogP contribution in [0.25, 0.3) is 0 Å². The zero-order chi connectivity index (χ0) is 26.8. The molecule has 196 valence electrons. The molecular formula is C27H33Cl2NO5S. The van der Waals surface area contributed by atoms with Crippen LogP contribution in [0.15, 0.2) is 48.5 Å². The van der Waals surface area contributed by atoms with Crippen LogP contribution in [-0.4, -0.2) is 47.8 Å². The topological polar surface area (TPSA) is 91.8 Å². The third-order valence-corrected chi connectivity index (χ3v) is 9.34. The first kappa shape index (κ1) is 28.5. The minimum atomic E-state index is -3.45. The Kier molecular flexibility index (Phi) is 8.79. The van der Waals surface area contributed by atoms with Gasteiger partial charge in [-0.15, -0.1) is 0 Å². The standard InChI is InChI=1S/C27H33Cl2NO5S/c1-5-36(34,35)16-23(17(2)3)30-25(18-9-11-20(28)12-10-18)22(19-7-6-8-21(29)13-19)14-27(4,26(30)33)15-24(31)32/h6-13,17,22-23,25H,5,14-16H2,1-4H3,(H,31,32)/t22-,23?,25?,27-/m1/s1. The number of sulfone groups is 1. The lowest BCUT2D eigenvalue weighted by molar-refractivity contribution is -0.161. The Morgan fingerprint density at radius 2 is 1.75 bits per heavy atom. The van der Waals surface area contributed by atoms with Gasteiger partial charge in [0.2, 0.25) is 5.91 Å². The lowest BCUT2D eigenvalue weighted by Crippen LogP contribution is -2.58. The monoisotopic (exact) mass is 553 g/mol. The van der Waals surface area contributed by atoms with Gasteiger partial charge in [0.05, 0.1) is 23.6 Å². The first-order valence-electron chi connectivity index (χ1n) is 12.0. The van der Waals surface area contributed by atoms with Gasteiger partial charge in [-0.2, -0.15) is 0 Å². The highest BCUT2D eigenvalue weighted by Crippen LogP contribution is 2.52. The molecule has 2 unspecified atom stereocenters. The Labute approximate surface area is 223 Å². The van der Waals surface area contributed by atoms with Crippen LogP contribution in [-0.2, 0) is 19.4 Å². The minimum Gasteiger partial charge on any atom is -0.481 e. The Morgan fingerprint density at radius 1 is 1.11 bits per heavy atom. The van der Waals surface area contributed by atoms with E-state index < -0.39 is 33.3 Å². The number of carboxylic acid groups (broad SMARTS) is 1. The Morgan fingerprint density at radius 3 is 2.28 bits per heavy atom. The summed E-state index contributed by atoms with van der Waals surface area (Å²) in [6.07, 6.45) is -0.0916. The number of hydrogen-bond acceptors (Lipinski definition) is 4. The molecule has 2 aromatic rings. The van der Waals surface area contributed by atoms with E-state index in [-0.39, 0.29) is 42.1 Å². The normalized spacial score (nSPS) is 23.6. The van der Waals surface area contributed by atoms with Gasteiger partial charge in [-0.3, -0.25) is 9.59 Å². The van der Waals surface area contributed by atoms with Crippen molar-refractivity contribution in [2.45, 2.75) is 58.5 Å². The van der Waals surface area contributed by atoms with Gasteiger partial charge in [0.25, 0.3) is 0 Å². The van der Waals surface area contributed by atoms with Crippen molar-refractivity contribution in [2.24, 2.45) is 11.3 Å². The molecule has 4 atom stereocenters. The van der Waals surface area contributed by atoms with Gasteiger partial charge >= 0.3 is 5.97 Å². The third kappa shape index (κ3) is 6.24. The maximum Gasteiger partial charge on any atom is 0.304 e. The molecule has 1 N–H and O–H groups in total. The van der Waals surface area contributed by atoms with E-state index in [1.54, 1.807) is 36.9 Å². The van der Waals surface area contributed by atoms with Crippen molar-refractivity contribution in [3.05, 3.63) is 69.7 Å². The Balaban J connectivity index is 2.30. The quantitative estimate of drug-likeness (QED) is 0.411. The summed E-state index contributed by atoms with van der Waals surface area (Å²) >= 11 is 12.5. The molecular weight excluding hydrogens is 521 g/mol. The number of nitrogens with zero attached hydrogens (tertiary/aromatic N) is 1. The number of hydrogen-bond donors (Lipinski definition) is 1. The third-order valence-electron chi connectivity index (χ3n) is 7.12. The molecule has 0 aliphatic carbocycles. The van der Waals surface area contributed by atoms with Crippen LogP contribution in [0, 0.1) is 11.3 Å². The van der Waals surface area contributed by atoms with Gasteiger partial charge in [0, 0.05) is 27.8 Å². The molecule has 1 heterocycles. The van der Waals surface area contributed by atoms with Crippen molar-refractivity contribution in [1.29, 1.82) is 0 Å². The van der Waals surface area contributed by atoms with Gasteiger partial charge in [0.15, 0.2) is 9.84 Å². The fourth-order valence-electron chi connectivity index (χ4n) is 5.22. The lowest BCUT2D eigenvalue weighted by Gasteiger charge is -2.52. The van der Waals surface area contributed by atoms with Gasteiger partial charge in [-0.05, 0) is 47.7 Å². The molecule has 0 aromatic heterocycles. The highest BCUT2D eigenvalue weighted by Gasteiger charge is 2.53. The van der Waals surface area contributed by atoms with E-state index in [0.29, 0.717) is 10.0 Å². The second-order valence-electron chi connectivity index (χ2n) is 10.2. The minimum absolute atomic E-state index is 0.0476. The summed E-state index contributed by atoms with van der Waals surface area (Å²) in [4.78, 5) is 27.8. The smallest absolute Gasteiger partial charge is 0.304 e. The average Bonchev–Trinajstić information content (AvgIpc) is 2.79. The molecule has 1 aliphatic heterocycles. The van der Waals surface area contributed by atoms with E-state index in [9.17, 15) is 23.1 Å². The molecule has 9 heteroatoms. The molecule has 0 bridgehead atoms. The van der Waals surface area contributed by atoms with Crippen molar-refractivity contribution in [3.63, 3.8) is 0 Å². The van der Waals surface area contributed by atoms with Crippen molar-refractivity contribution >= 4 is 44.9 Å². The number of rotatable bonds is 9. The van der Waals surface area contributed by atoms with Crippen LogP contribution < -0.4 is 0 Å². The van der Waals surface area contributed by atoms with Gasteiger partial charge in [0.1, 0.15) is 0 Å². The highest BCUT2D eigenvalue weighted by atomic mass is 35.5. The summed E-state index contributed by atoms with van der Waals surface area (Å²) in [5.41, 5.74) is 0.428. The zero-order valence-corrected chi connectivity index (χ0v) is 23.3. The fraction of sp³-hybridized carbons (Fsp3) is 0.481. The van der Waals surface area contributed by atoms with E-state index in [4.69, 9.17) is 23.2 Å². The molecule has 36 heavy (non-hydrogen) atoms. The maximum absolute atomic E-state index is 14.2. The molecule has 2 aromatic carbocycles. The lowest BCUT2D eigenvalue weighted by atomic mass is 9.66. The summed E-state index contributed by atoms with van der Waals surface area (Å²) < 4.78 is 25.6. The number of carbonyl (C=O) groups excluding carboxylic acids is 1. The fourth-order valence-corrected chi connectivity index (χ4v) is 6.84. The van der Waals surface area contributed by atoms with Crippen molar-refractivity contribution < 1.29 is 23.1 Å². The number of likely N-dealkylation sites (tertiary alicyclic amines) is 1. The summed E-state index contributed by atoms with van der Waals surface area (Å²) in [6, 6.07) is 13.3. The molecule has 1 amide bonds. The van der Waals surface area contributed by atoms with Gasteiger partial charge < -0.3 is 10.0 Å². The Bertz CT molecular complexity index is 1210. The average molecular weight is 555 g/mol. The van der Waals surface area contributed by atoms with Crippen LogP contribution in [0.1, 0.15) is 63.6 Å². The number of aliphatic carboxylic acids is 1. The molecule has 0 saturated carbocycles. The largest absolute Gasteiger partial charge is 0.481 e. The van der Waals surface area contributed by atoms with Crippen LogP contribution in [0.2, 0.25) is 10.0 Å². The van der Waals surface area contributed by atoms with Crippen LogP contribution >= 0.6 is 23.2 Å². The van der Waals surface area contributed by atoms with Gasteiger partial charge in [-0.25, -0.2) is 8.42 Å². The van der Waals surface area contributed by atoms with Crippen molar-refractivity contribution in [2.75, 3.05) is 11.5 Å². The van der Waals surface area contributed by atoms with E-state index in [2.05, 4.69) is 0 Å². The molecule has 0 spiro atoms. The molecule has 3 rings (SSSR count). The number of halogens is 2. The summed E-state index contributed by atoms with van der Waals surface area (Å²) in [5, 5.41) is 10.8. The highest BCUT2D eigenvalue weighted by molar-refractivity contribution is 7.91. The van der Waals surface area contributed by atoms with E-state index in [1.165, 1.54) is 0 Å². The second kappa shape index (κ2) is 11.1. The summed E-state index contributed by atoms with van der Waals surface area (Å²) in [6.45, 7) is 7.03. The van der Waals surface area contributed by atoms with Crippen LogP contribution in [0.4, 0.5) is 0 Å². The number of carbonyl (C=O) groups is 2. The van der Waals surface area contributed by atoms with Crippen molar-refractivity contribution in [3.8, 4) is 0 Å². The second-order valence-corrected chi connectivity index (χ2v) is 13.5. The Hall–Kier alpha value is -2.09. The predicted molar refractivity (Wildman–Crippen MR) is 143 cm³/mol. The molecule has 1 aliphatic rings. The molecule has 0 radical (unpaired) electrons.